The number of rotatable bonds is 3. The summed E-state index contributed by atoms with van der Waals surface area (Å²) in [5.41, 5.74) is 0. The molecule has 0 radical (unpaired) electrons. The smallest absolute Gasteiger partial charge is 0.115 e. The number of hydrogen-bond donors (Lipinski definition) is 3. The van der Waals surface area contributed by atoms with E-state index in [1.54, 1.807) is 24.3 Å². The van der Waals surface area contributed by atoms with E-state index in [0.717, 1.165) is 13.2 Å². The van der Waals surface area contributed by atoms with Crippen LogP contribution in [0.2, 0.25) is 0 Å². The molecule has 0 amide bonds. The number of aliphatic hydroxyl groups is 2. The second-order valence-corrected chi connectivity index (χ2v) is 2.56. The molecule has 0 atom stereocenters. The maximum atomic E-state index is 8.63. The summed E-state index contributed by atoms with van der Waals surface area (Å²) in [7, 11) is 0. The zero-order valence-corrected chi connectivity index (χ0v) is 9.97. The lowest BCUT2D eigenvalue weighted by Gasteiger charge is -1.86. The normalized spacial score (nSPS) is 8.25. The maximum Gasteiger partial charge on any atom is 0.115 e. The average molecular weight is 230 g/mol. The minimum Gasteiger partial charge on any atom is -0.508 e. The third kappa shape index (κ3) is 18.6. The molecule has 0 aliphatic carbocycles. The van der Waals surface area contributed by atoms with Gasteiger partial charge in [-0.1, -0.05) is 18.2 Å². The third-order valence-electron chi connectivity index (χ3n) is 1.26. The van der Waals surface area contributed by atoms with Gasteiger partial charge in [0.1, 0.15) is 5.75 Å². The van der Waals surface area contributed by atoms with Crippen LogP contribution in [0.4, 0.5) is 0 Å². The van der Waals surface area contributed by atoms with Crippen molar-refractivity contribution >= 4 is 0 Å². The summed E-state index contributed by atoms with van der Waals surface area (Å²) in [6, 6.07) is 8.71. The van der Waals surface area contributed by atoms with Crippen LogP contribution in [0.25, 0.3) is 0 Å². The van der Waals surface area contributed by atoms with Crippen LogP contribution in [0.15, 0.2) is 30.3 Å². The van der Waals surface area contributed by atoms with Gasteiger partial charge in [-0.3, -0.25) is 0 Å². The number of hydrogen-bond acceptors (Lipinski definition) is 4. The summed E-state index contributed by atoms with van der Waals surface area (Å²) >= 11 is 0. The van der Waals surface area contributed by atoms with E-state index in [-0.39, 0.29) is 13.2 Å². The molecule has 0 fully saturated rings. The number of benzene rings is 1. The van der Waals surface area contributed by atoms with Gasteiger partial charge >= 0.3 is 0 Å². The van der Waals surface area contributed by atoms with E-state index < -0.39 is 0 Å². The van der Waals surface area contributed by atoms with Crippen molar-refractivity contribution in [2.75, 3.05) is 26.4 Å². The molecule has 16 heavy (non-hydrogen) atoms. The summed E-state index contributed by atoms with van der Waals surface area (Å²) < 4.78 is 4.83. The lowest BCUT2D eigenvalue weighted by molar-refractivity contribution is 0.162. The summed E-state index contributed by atoms with van der Waals surface area (Å²) in [5, 5.41) is 23.9. The highest BCUT2D eigenvalue weighted by atomic mass is 16.5. The molecule has 4 nitrogen and oxygen atoms in total. The van der Waals surface area contributed by atoms with Crippen molar-refractivity contribution < 1.29 is 20.1 Å². The van der Waals surface area contributed by atoms with Gasteiger partial charge in [-0.15, -0.1) is 0 Å². The van der Waals surface area contributed by atoms with Gasteiger partial charge in [0.2, 0.25) is 0 Å². The predicted molar refractivity (Wildman–Crippen MR) is 64.4 cm³/mol. The van der Waals surface area contributed by atoms with Crippen LogP contribution < -0.4 is 0 Å². The van der Waals surface area contributed by atoms with Gasteiger partial charge < -0.3 is 20.1 Å². The van der Waals surface area contributed by atoms with Crippen LogP contribution in [0.3, 0.4) is 0 Å². The van der Waals surface area contributed by atoms with Crippen molar-refractivity contribution in [3.8, 4) is 5.75 Å². The van der Waals surface area contributed by atoms with Crippen molar-refractivity contribution in [3.63, 3.8) is 0 Å². The zero-order valence-electron chi connectivity index (χ0n) is 9.97. The molecule has 0 spiro atoms. The number of aromatic hydroxyl groups is 1. The Labute approximate surface area is 97.1 Å². The molecule has 1 aromatic rings. The van der Waals surface area contributed by atoms with Gasteiger partial charge in [0.25, 0.3) is 0 Å². The minimum atomic E-state index is -0.125. The van der Waals surface area contributed by atoms with Crippen LogP contribution in [0.1, 0.15) is 13.8 Å². The molecular formula is C12H22O4. The third-order valence-corrected chi connectivity index (χ3v) is 1.26. The lowest BCUT2D eigenvalue weighted by Crippen LogP contribution is -1.85. The molecule has 0 saturated heterocycles. The lowest BCUT2D eigenvalue weighted by atomic mass is 10.3. The quantitative estimate of drug-likeness (QED) is 0.734. The van der Waals surface area contributed by atoms with Gasteiger partial charge in [0.05, 0.1) is 13.2 Å². The zero-order chi connectivity index (χ0) is 12.6. The van der Waals surface area contributed by atoms with Crippen molar-refractivity contribution in [1.82, 2.24) is 0 Å². The Hall–Kier alpha value is -1.10. The molecule has 4 heteroatoms. The van der Waals surface area contributed by atoms with E-state index >= 15 is 0 Å². The molecule has 94 valence electrons. The Morgan fingerprint density at radius 1 is 0.938 bits per heavy atom. The van der Waals surface area contributed by atoms with E-state index in [9.17, 15) is 0 Å². The summed E-state index contributed by atoms with van der Waals surface area (Å²) in [6.07, 6.45) is 0. The first-order valence-corrected chi connectivity index (χ1v) is 5.26. The fourth-order valence-corrected chi connectivity index (χ4v) is 0.632. The second-order valence-electron chi connectivity index (χ2n) is 2.56. The number of ether oxygens (including phenoxy) is 1. The Morgan fingerprint density at radius 2 is 1.38 bits per heavy atom. The summed E-state index contributed by atoms with van der Waals surface area (Å²) in [4.78, 5) is 0. The van der Waals surface area contributed by atoms with Crippen LogP contribution in [-0.2, 0) is 4.74 Å². The fourth-order valence-electron chi connectivity index (χ4n) is 0.632. The summed E-state index contributed by atoms with van der Waals surface area (Å²) in [5.74, 6) is 0.322. The van der Waals surface area contributed by atoms with E-state index in [1.807, 2.05) is 19.9 Å². The highest BCUT2D eigenvalue weighted by molar-refractivity contribution is 5.18. The van der Waals surface area contributed by atoms with E-state index in [1.165, 1.54) is 0 Å². The Morgan fingerprint density at radius 3 is 1.50 bits per heavy atom. The number of phenolic OH excluding ortho intramolecular Hbond substituents is 1. The first-order chi connectivity index (χ1) is 7.72. The molecule has 0 aliphatic rings. The summed E-state index contributed by atoms with van der Waals surface area (Å²) in [6.45, 7) is 5.42. The van der Waals surface area contributed by atoms with Crippen LogP contribution in [0, 0.1) is 0 Å². The topological polar surface area (TPSA) is 69.9 Å². The molecule has 3 N–H and O–H groups in total. The molecule has 0 heterocycles. The minimum absolute atomic E-state index is 0.125. The molecule has 0 saturated carbocycles. The largest absolute Gasteiger partial charge is 0.508 e. The molecule has 0 unspecified atom stereocenters. The first-order valence-electron chi connectivity index (χ1n) is 5.26. The Kier molecular flexibility index (Phi) is 17.7. The fraction of sp³-hybridized carbons (Fsp3) is 0.500. The Balaban J connectivity index is 0. The van der Waals surface area contributed by atoms with Gasteiger partial charge in [-0.2, -0.15) is 0 Å². The SMILES string of the molecule is CCOCC.OCCO.Oc1ccccc1. The molecule has 0 aliphatic heterocycles. The monoisotopic (exact) mass is 230 g/mol. The highest BCUT2D eigenvalue weighted by Crippen LogP contribution is 2.02. The maximum absolute atomic E-state index is 8.63. The second kappa shape index (κ2) is 16.3. The van der Waals surface area contributed by atoms with Crippen LogP contribution in [0.5, 0.6) is 5.75 Å². The molecule has 0 bridgehead atoms. The van der Waals surface area contributed by atoms with Crippen molar-refractivity contribution in [2.45, 2.75) is 13.8 Å². The number of para-hydroxylation sites is 1. The Bertz CT molecular complexity index is 197. The molecule has 1 aromatic carbocycles. The van der Waals surface area contributed by atoms with Crippen molar-refractivity contribution in [3.05, 3.63) is 30.3 Å². The first kappa shape index (κ1) is 17.3. The molecule has 0 aromatic heterocycles. The van der Waals surface area contributed by atoms with Crippen molar-refractivity contribution in [2.24, 2.45) is 0 Å². The van der Waals surface area contributed by atoms with Crippen LogP contribution >= 0.6 is 0 Å². The van der Waals surface area contributed by atoms with Gasteiger partial charge in [-0.25, -0.2) is 0 Å². The van der Waals surface area contributed by atoms with E-state index in [2.05, 4.69) is 0 Å². The highest BCUT2D eigenvalue weighted by Gasteiger charge is 1.74. The molecule has 1 rings (SSSR count). The van der Waals surface area contributed by atoms with Gasteiger partial charge in [0, 0.05) is 13.2 Å². The molecular weight excluding hydrogens is 208 g/mol. The van der Waals surface area contributed by atoms with Gasteiger partial charge in [-0.05, 0) is 26.0 Å². The van der Waals surface area contributed by atoms with Gasteiger partial charge in [0.15, 0.2) is 0 Å². The van der Waals surface area contributed by atoms with Crippen LogP contribution in [-0.4, -0.2) is 41.7 Å². The number of aliphatic hydroxyl groups excluding tert-OH is 2. The van der Waals surface area contributed by atoms with E-state index in [0.29, 0.717) is 5.75 Å². The predicted octanol–water partition coefficient (Wildman–Crippen LogP) is 1.41. The standard InChI is InChI=1S/C6H6O.C4H10O.C2H6O2/c7-6-4-2-1-3-5-6;1-3-5-4-2;3-1-2-4/h1-5,7H;3-4H2,1-2H3;3-4H,1-2H2. The number of phenols is 1. The van der Waals surface area contributed by atoms with Crippen molar-refractivity contribution in [1.29, 1.82) is 0 Å². The average Bonchev–Trinajstić information content (AvgIpc) is 2.32. The van der Waals surface area contributed by atoms with E-state index in [4.69, 9.17) is 20.1 Å².